The molecule has 1 saturated heterocycles. The van der Waals surface area contributed by atoms with Gasteiger partial charge < -0.3 is 24.4 Å². The highest BCUT2D eigenvalue weighted by molar-refractivity contribution is 7.80. The zero-order chi connectivity index (χ0) is 16.8. The van der Waals surface area contributed by atoms with Crippen molar-refractivity contribution in [3.8, 4) is 0 Å². The summed E-state index contributed by atoms with van der Waals surface area (Å²) in [5.74, 6) is 0. The van der Waals surface area contributed by atoms with Gasteiger partial charge in [0.1, 0.15) is 24.4 Å². The maximum atomic E-state index is 10.9. The fourth-order valence-electron chi connectivity index (χ4n) is 2.15. The SMILES string of the molecule is CCCCCOC[C@H]1O[C@H](OC)[C@H](O)[C@@H](O)[C@@H]1OS(=O)(=O)O. The number of ether oxygens (including phenoxy) is 3. The summed E-state index contributed by atoms with van der Waals surface area (Å²) >= 11 is 0. The summed E-state index contributed by atoms with van der Waals surface area (Å²) in [6.07, 6.45) is -3.98. The Bertz CT molecular complexity index is 413. The lowest BCUT2D eigenvalue weighted by Gasteiger charge is -2.40. The molecule has 0 aromatic heterocycles. The van der Waals surface area contributed by atoms with Crippen LogP contribution in [0.15, 0.2) is 0 Å². The summed E-state index contributed by atoms with van der Waals surface area (Å²) in [5, 5.41) is 19.7. The Kier molecular flexibility index (Phi) is 8.14. The average molecular weight is 344 g/mol. The summed E-state index contributed by atoms with van der Waals surface area (Å²) in [7, 11) is -3.56. The Morgan fingerprint density at radius 1 is 1.18 bits per heavy atom. The summed E-state index contributed by atoms with van der Waals surface area (Å²) in [4.78, 5) is 0. The van der Waals surface area contributed by atoms with Crippen LogP contribution in [0.4, 0.5) is 0 Å². The largest absolute Gasteiger partial charge is 0.397 e. The Morgan fingerprint density at radius 3 is 2.41 bits per heavy atom. The number of unbranched alkanes of at least 4 members (excludes halogenated alkanes) is 2. The second kappa shape index (κ2) is 9.08. The van der Waals surface area contributed by atoms with Crippen molar-refractivity contribution in [3.05, 3.63) is 0 Å². The number of hydrogen-bond acceptors (Lipinski definition) is 8. The van der Waals surface area contributed by atoms with Gasteiger partial charge in [-0.1, -0.05) is 19.8 Å². The normalized spacial score (nSPS) is 33.0. The van der Waals surface area contributed by atoms with Gasteiger partial charge in [-0.3, -0.25) is 4.55 Å². The third-order valence-electron chi connectivity index (χ3n) is 3.28. The van der Waals surface area contributed by atoms with Crippen molar-refractivity contribution < 1.29 is 41.6 Å². The first-order chi connectivity index (χ1) is 10.3. The lowest BCUT2D eigenvalue weighted by atomic mass is 9.99. The van der Waals surface area contributed by atoms with Crippen LogP contribution in [0.1, 0.15) is 26.2 Å². The van der Waals surface area contributed by atoms with Crippen molar-refractivity contribution in [2.75, 3.05) is 20.3 Å². The van der Waals surface area contributed by atoms with Crippen LogP contribution in [-0.2, 0) is 28.8 Å². The number of methoxy groups -OCH3 is 1. The van der Waals surface area contributed by atoms with Gasteiger partial charge in [-0.25, -0.2) is 4.18 Å². The Balaban J connectivity index is 2.68. The molecular weight excluding hydrogens is 320 g/mol. The van der Waals surface area contributed by atoms with Gasteiger partial charge >= 0.3 is 10.4 Å². The molecule has 0 aliphatic carbocycles. The molecule has 1 fully saturated rings. The van der Waals surface area contributed by atoms with E-state index in [9.17, 15) is 18.6 Å². The standard InChI is InChI=1S/C12H24O9S/c1-3-4-5-6-19-7-8-11(21-22(15,16)17)9(13)10(14)12(18-2)20-8/h8-14H,3-7H2,1-2H3,(H,15,16,17)/t8-,9-,10-,11-,12+/m1/s1. The number of aliphatic hydroxyl groups is 2. The van der Waals surface area contributed by atoms with Crippen LogP contribution < -0.4 is 0 Å². The third kappa shape index (κ3) is 6.05. The molecule has 1 aliphatic heterocycles. The quantitative estimate of drug-likeness (QED) is 0.373. The second-order valence-electron chi connectivity index (χ2n) is 5.03. The summed E-state index contributed by atoms with van der Waals surface area (Å²) in [6.45, 7) is 2.40. The Morgan fingerprint density at radius 2 is 1.86 bits per heavy atom. The summed E-state index contributed by atoms with van der Waals surface area (Å²) in [5.41, 5.74) is 0. The minimum atomic E-state index is -4.82. The average Bonchev–Trinajstić information content (AvgIpc) is 2.44. The maximum absolute atomic E-state index is 10.9. The minimum Gasteiger partial charge on any atom is -0.387 e. The third-order valence-corrected chi connectivity index (χ3v) is 3.75. The molecule has 0 aromatic rings. The van der Waals surface area contributed by atoms with Crippen molar-refractivity contribution in [1.82, 2.24) is 0 Å². The fourth-order valence-corrected chi connectivity index (χ4v) is 2.67. The Labute approximate surface area is 130 Å². The van der Waals surface area contributed by atoms with Crippen molar-refractivity contribution in [3.63, 3.8) is 0 Å². The summed E-state index contributed by atoms with van der Waals surface area (Å²) in [6, 6.07) is 0. The highest BCUT2D eigenvalue weighted by Crippen LogP contribution is 2.25. The number of rotatable bonds is 9. The molecule has 0 amide bonds. The van der Waals surface area contributed by atoms with E-state index in [1.165, 1.54) is 7.11 Å². The molecule has 3 N–H and O–H groups in total. The monoisotopic (exact) mass is 344 g/mol. The molecule has 0 unspecified atom stereocenters. The van der Waals surface area contributed by atoms with Crippen LogP contribution in [-0.4, -0.2) is 74.2 Å². The molecule has 132 valence electrons. The first-order valence-electron chi connectivity index (χ1n) is 7.08. The fraction of sp³-hybridized carbons (Fsp3) is 1.00. The minimum absolute atomic E-state index is 0.0759. The molecule has 5 atom stereocenters. The predicted octanol–water partition coefficient (Wildman–Crippen LogP) is -0.526. The van der Waals surface area contributed by atoms with E-state index in [0.717, 1.165) is 19.3 Å². The zero-order valence-corrected chi connectivity index (χ0v) is 13.4. The van der Waals surface area contributed by atoms with E-state index in [4.69, 9.17) is 18.8 Å². The van der Waals surface area contributed by atoms with Gasteiger partial charge in [-0.05, 0) is 6.42 Å². The van der Waals surface area contributed by atoms with E-state index in [-0.39, 0.29) is 6.61 Å². The van der Waals surface area contributed by atoms with Crippen LogP contribution in [0, 0.1) is 0 Å². The van der Waals surface area contributed by atoms with Crippen LogP contribution in [0.3, 0.4) is 0 Å². The molecular formula is C12H24O9S. The number of aliphatic hydroxyl groups excluding tert-OH is 2. The van der Waals surface area contributed by atoms with Gasteiger partial charge in [-0.15, -0.1) is 0 Å². The van der Waals surface area contributed by atoms with Crippen LogP contribution in [0.2, 0.25) is 0 Å². The molecule has 1 rings (SSSR count). The van der Waals surface area contributed by atoms with Crippen molar-refractivity contribution in [1.29, 1.82) is 0 Å². The van der Waals surface area contributed by atoms with Crippen molar-refractivity contribution in [2.24, 2.45) is 0 Å². The molecule has 1 heterocycles. The van der Waals surface area contributed by atoms with Crippen molar-refractivity contribution >= 4 is 10.4 Å². The van der Waals surface area contributed by atoms with E-state index < -0.39 is 41.1 Å². The highest BCUT2D eigenvalue weighted by Gasteiger charge is 2.47. The van der Waals surface area contributed by atoms with E-state index in [1.807, 2.05) is 6.92 Å². The molecule has 0 spiro atoms. The van der Waals surface area contributed by atoms with E-state index in [0.29, 0.717) is 6.61 Å². The van der Waals surface area contributed by atoms with Gasteiger partial charge in [0.2, 0.25) is 0 Å². The summed E-state index contributed by atoms with van der Waals surface area (Å²) < 4.78 is 50.5. The van der Waals surface area contributed by atoms with Crippen LogP contribution >= 0.6 is 0 Å². The zero-order valence-electron chi connectivity index (χ0n) is 12.6. The smallest absolute Gasteiger partial charge is 0.387 e. The second-order valence-corrected chi connectivity index (χ2v) is 6.08. The van der Waals surface area contributed by atoms with Gasteiger partial charge in [-0.2, -0.15) is 8.42 Å². The van der Waals surface area contributed by atoms with E-state index >= 15 is 0 Å². The molecule has 10 heteroatoms. The molecule has 0 saturated carbocycles. The maximum Gasteiger partial charge on any atom is 0.397 e. The lowest BCUT2D eigenvalue weighted by molar-refractivity contribution is -0.292. The van der Waals surface area contributed by atoms with Crippen LogP contribution in [0.25, 0.3) is 0 Å². The molecule has 0 radical (unpaired) electrons. The van der Waals surface area contributed by atoms with Gasteiger partial charge in [0, 0.05) is 13.7 Å². The molecule has 0 aromatic carbocycles. The highest BCUT2D eigenvalue weighted by atomic mass is 32.3. The molecule has 0 bridgehead atoms. The lowest BCUT2D eigenvalue weighted by Crippen LogP contribution is -2.60. The van der Waals surface area contributed by atoms with E-state index in [2.05, 4.69) is 4.18 Å². The first-order valence-corrected chi connectivity index (χ1v) is 8.44. The molecule has 1 aliphatic rings. The van der Waals surface area contributed by atoms with Crippen LogP contribution in [0.5, 0.6) is 0 Å². The van der Waals surface area contributed by atoms with Gasteiger partial charge in [0.25, 0.3) is 0 Å². The topological polar surface area (TPSA) is 132 Å². The first kappa shape index (κ1) is 19.7. The van der Waals surface area contributed by atoms with Crippen molar-refractivity contribution in [2.45, 2.75) is 56.9 Å². The Hall–Kier alpha value is -0.330. The molecule has 22 heavy (non-hydrogen) atoms. The van der Waals surface area contributed by atoms with Gasteiger partial charge in [0.05, 0.1) is 6.61 Å². The molecule has 9 nitrogen and oxygen atoms in total. The van der Waals surface area contributed by atoms with Gasteiger partial charge in [0.15, 0.2) is 6.29 Å². The predicted molar refractivity (Wildman–Crippen MR) is 74.4 cm³/mol. The van der Waals surface area contributed by atoms with E-state index in [1.54, 1.807) is 0 Å². The number of hydrogen-bond donors (Lipinski definition) is 3.